The SMILES string of the molecule is CCc1ccc(Nc2ccc(CN)cc2F)cc1. The molecule has 0 aromatic heterocycles. The molecule has 94 valence electrons. The Hall–Kier alpha value is -1.87. The van der Waals surface area contributed by atoms with Crippen molar-refractivity contribution in [2.45, 2.75) is 19.9 Å². The van der Waals surface area contributed by atoms with Gasteiger partial charge in [0.1, 0.15) is 5.82 Å². The van der Waals surface area contributed by atoms with Crippen molar-refractivity contribution >= 4 is 11.4 Å². The van der Waals surface area contributed by atoms with Crippen LogP contribution in [0.25, 0.3) is 0 Å². The molecule has 2 rings (SSSR count). The lowest BCUT2D eigenvalue weighted by atomic mass is 10.1. The van der Waals surface area contributed by atoms with Gasteiger partial charge in [-0.1, -0.05) is 25.1 Å². The summed E-state index contributed by atoms with van der Waals surface area (Å²) < 4.78 is 13.8. The Labute approximate surface area is 107 Å². The molecule has 0 aliphatic heterocycles. The van der Waals surface area contributed by atoms with Gasteiger partial charge in [0, 0.05) is 12.2 Å². The van der Waals surface area contributed by atoms with Crippen LogP contribution in [0.2, 0.25) is 0 Å². The van der Waals surface area contributed by atoms with E-state index < -0.39 is 0 Å². The van der Waals surface area contributed by atoms with Gasteiger partial charge >= 0.3 is 0 Å². The molecule has 3 heteroatoms. The highest BCUT2D eigenvalue weighted by atomic mass is 19.1. The highest BCUT2D eigenvalue weighted by Crippen LogP contribution is 2.21. The molecule has 0 radical (unpaired) electrons. The first-order chi connectivity index (χ1) is 8.72. The van der Waals surface area contributed by atoms with Crippen molar-refractivity contribution in [3.05, 3.63) is 59.4 Å². The van der Waals surface area contributed by atoms with Gasteiger partial charge in [0.2, 0.25) is 0 Å². The van der Waals surface area contributed by atoms with E-state index in [0.717, 1.165) is 17.7 Å². The zero-order chi connectivity index (χ0) is 13.0. The van der Waals surface area contributed by atoms with Crippen LogP contribution < -0.4 is 11.1 Å². The van der Waals surface area contributed by atoms with Crippen LogP contribution in [0.3, 0.4) is 0 Å². The number of aryl methyl sites for hydroxylation is 1. The summed E-state index contributed by atoms with van der Waals surface area (Å²) >= 11 is 0. The average Bonchev–Trinajstić information content (AvgIpc) is 2.42. The first kappa shape index (κ1) is 12.6. The average molecular weight is 244 g/mol. The molecule has 2 aromatic rings. The van der Waals surface area contributed by atoms with E-state index in [-0.39, 0.29) is 5.82 Å². The Kier molecular flexibility index (Phi) is 3.95. The van der Waals surface area contributed by atoms with Crippen LogP contribution >= 0.6 is 0 Å². The van der Waals surface area contributed by atoms with E-state index in [9.17, 15) is 4.39 Å². The van der Waals surface area contributed by atoms with E-state index in [2.05, 4.69) is 12.2 Å². The fourth-order valence-corrected chi connectivity index (χ4v) is 1.77. The van der Waals surface area contributed by atoms with Crippen LogP contribution in [0.5, 0.6) is 0 Å². The number of hydrogen-bond donors (Lipinski definition) is 2. The Morgan fingerprint density at radius 3 is 2.28 bits per heavy atom. The molecule has 0 spiro atoms. The van der Waals surface area contributed by atoms with Crippen LogP contribution in [0, 0.1) is 5.82 Å². The number of halogens is 1. The van der Waals surface area contributed by atoms with E-state index in [1.807, 2.05) is 30.3 Å². The van der Waals surface area contributed by atoms with E-state index in [1.54, 1.807) is 6.07 Å². The van der Waals surface area contributed by atoms with Crippen molar-refractivity contribution in [3.63, 3.8) is 0 Å². The number of hydrogen-bond acceptors (Lipinski definition) is 2. The highest BCUT2D eigenvalue weighted by Gasteiger charge is 2.03. The lowest BCUT2D eigenvalue weighted by Gasteiger charge is -2.09. The van der Waals surface area contributed by atoms with Crippen molar-refractivity contribution in [3.8, 4) is 0 Å². The number of nitrogens with two attached hydrogens (primary N) is 1. The molecule has 0 saturated heterocycles. The third kappa shape index (κ3) is 2.87. The van der Waals surface area contributed by atoms with Gasteiger partial charge in [-0.15, -0.1) is 0 Å². The quantitative estimate of drug-likeness (QED) is 0.862. The number of nitrogens with one attached hydrogen (secondary N) is 1. The maximum atomic E-state index is 13.8. The van der Waals surface area contributed by atoms with Crippen LogP contribution in [-0.4, -0.2) is 0 Å². The standard InChI is InChI=1S/C15H17FN2/c1-2-11-3-6-13(7-4-11)18-15-8-5-12(10-17)9-14(15)16/h3-9,18H,2,10,17H2,1H3. The predicted molar refractivity (Wildman–Crippen MR) is 73.4 cm³/mol. The summed E-state index contributed by atoms with van der Waals surface area (Å²) in [6, 6.07) is 13.0. The fourth-order valence-electron chi connectivity index (χ4n) is 1.77. The molecule has 0 aliphatic carbocycles. The molecule has 0 atom stereocenters. The second kappa shape index (κ2) is 5.65. The molecule has 2 aromatic carbocycles. The highest BCUT2D eigenvalue weighted by molar-refractivity contribution is 5.60. The topological polar surface area (TPSA) is 38.0 Å². The normalized spacial score (nSPS) is 10.4. The smallest absolute Gasteiger partial charge is 0.146 e. The van der Waals surface area contributed by atoms with Crippen molar-refractivity contribution in [2.75, 3.05) is 5.32 Å². The van der Waals surface area contributed by atoms with Gasteiger partial charge in [0.15, 0.2) is 0 Å². The first-order valence-corrected chi connectivity index (χ1v) is 6.07. The van der Waals surface area contributed by atoms with Crippen molar-refractivity contribution in [1.82, 2.24) is 0 Å². The van der Waals surface area contributed by atoms with Gasteiger partial charge in [-0.2, -0.15) is 0 Å². The third-order valence-electron chi connectivity index (χ3n) is 2.91. The largest absolute Gasteiger partial charge is 0.353 e. The van der Waals surface area contributed by atoms with Crippen LogP contribution in [0.15, 0.2) is 42.5 Å². The second-order valence-corrected chi connectivity index (χ2v) is 4.19. The summed E-state index contributed by atoms with van der Waals surface area (Å²) in [5.41, 5.74) is 8.87. The molecule has 2 nitrogen and oxygen atoms in total. The van der Waals surface area contributed by atoms with Gasteiger partial charge in [-0.05, 0) is 41.8 Å². The minimum absolute atomic E-state index is 0.280. The molecule has 0 aliphatic rings. The molecule has 0 unspecified atom stereocenters. The summed E-state index contributed by atoms with van der Waals surface area (Å²) in [4.78, 5) is 0. The summed E-state index contributed by atoms with van der Waals surface area (Å²) in [5.74, 6) is -0.280. The molecular weight excluding hydrogens is 227 g/mol. The van der Waals surface area contributed by atoms with Gasteiger partial charge in [0.05, 0.1) is 5.69 Å². The Morgan fingerprint density at radius 2 is 1.72 bits per heavy atom. The summed E-state index contributed by atoms with van der Waals surface area (Å²) in [6.45, 7) is 2.45. The molecule has 0 heterocycles. The van der Waals surface area contributed by atoms with E-state index >= 15 is 0 Å². The predicted octanol–water partition coefficient (Wildman–Crippen LogP) is 3.59. The van der Waals surface area contributed by atoms with Crippen molar-refractivity contribution in [2.24, 2.45) is 5.73 Å². The third-order valence-corrected chi connectivity index (χ3v) is 2.91. The van der Waals surface area contributed by atoms with Gasteiger partial charge in [-0.25, -0.2) is 4.39 Å². The zero-order valence-corrected chi connectivity index (χ0v) is 10.4. The van der Waals surface area contributed by atoms with Gasteiger partial charge < -0.3 is 11.1 Å². The van der Waals surface area contributed by atoms with E-state index in [1.165, 1.54) is 11.6 Å². The zero-order valence-electron chi connectivity index (χ0n) is 10.4. The maximum absolute atomic E-state index is 13.8. The Balaban J connectivity index is 2.17. The monoisotopic (exact) mass is 244 g/mol. The number of benzene rings is 2. The molecular formula is C15H17FN2. The Morgan fingerprint density at radius 1 is 1.06 bits per heavy atom. The van der Waals surface area contributed by atoms with Crippen LogP contribution in [0.1, 0.15) is 18.1 Å². The van der Waals surface area contributed by atoms with Gasteiger partial charge in [0.25, 0.3) is 0 Å². The van der Waals surface area contributed by atoms with Crippen molar-refractivity contribution in [1.29, 1.82) is 0 Å². The van der Waals surface area contributed by atoms with E-state index in [4.69, 9.17) is 5.73 Å². The van der Waals surface area contributed by atoms with Crippen LogP contribution in [0.4, 0.5) is 15.8 Å². The van der Waals surface area contributed by atoms with Crippen molar-refractivity contribution < 1.29 is 4.39 Å². The molecule has 0 saturated carbocycles. The van der Waals surface area contributed by atoms with Crippen LogP contribution in [-0.2, 0) is 13.0 Å². The van der Waals surface area contributed by atoms with Gasteiger partial charge in [-0.3, -0.25) is 0 Å². The molecule has 0 fully saturated rings. The van der Waals surface area contributed by atoms with E-state index in [0.29, 0.717) is 12.2 Å². The maximum Gasteiger partial charge on any atom is 0.146 e. The number of rotatable bonds is 4. The second-order valence-electron chi connectivity index (χ2n) is 4.19. The minimum atomic E-state index is -0.280. The lowest BCUT2D eigenvalue weighted by Crippen LogP contribution is -1.99. The summed E-state index contributed by atoms with van der Waals surface area (Å²) in [7, 11) is 0. The molecule has 0 amide bonds. The molecule has 3 N–H and O–H groups in total. The fraction of sp³-hybridized carbons (Fsp3) is 0.200. The Bertz CT molecular complexity index is 521. The lowest BCUT2D eigenvalue weighted by molar-refractivity contribution is 0.629. The number of anilines is 2. The minimum Gasteiger partial charge on any atom is -0.353 e. The summed E-state index contributed by atoms with van der Waals surface area (Å²) in [6.07, 6.45) is 1.000. The molecule has 18 heavy (non-hydrogen) atoms. The summed E-state index contributed by atoms with van der Waals surface area (Å²) in [5, 5.41) is 3.06. The first-order valence-electron chi connectivity index (χ1n) is 6.07. The molecule has 0 bridgehead atoms.